The summed E-state index contributed by atoms with van der Waals surface area (Å²) in [6.45, 7) is 0.589. The van der Waals surface area contributed by atoms with E-state index in [1.165, 1.54) is 21.3 Å². The fourth-order valence-corrected chi connectivity index (χ4v) is 6.18. The molecule has 0 fully saturated rings. The first kappa shape index (κ1) is 21.2. The summed E-state index contributed by atoms with van der Waals surface area (Å²) in [4.78, 5) is 27.1. The predicted octanol–water partition coefficient (Wildman–Crippen LogP) is 2.49. The molecule has 0 bridgehead atoms. The minimum atomic E-state index is -3.85. The molecular formula is C25H23N3O4S. The van der Waals surface area contributed by atoms with E-state index in [0.29, 0.717) is 25.1 Å². The van der Waals surface area contributed by atoms with Crippen LogP contribution >= 0.6 is 0 Å². The summed E-state index contributed by atoms with van der Waals surface area (Å²) in [5.74, 6) is -1.01. The summed E-state index contributed by atoms with van der Waals surface area (Å²) in [5.41, 5.74) is 9.39. The molecule has 2 aliphatic rings. The third kappa shape index (κ3) is 3.66. The fraction of sp³-hybridized carbons (Fsp3) is 0.200. The molecule has 1 atom stereocenters. The number of sulfonamides is 1. The van der Waals surface area contributed by atoms with Crippen LogP contribution in [0.1, 0.15) is 27.0 Å². The standard InChI is InChI=1S/C25H23N3O4S/c26-24(29)23-15-18-7-1-2-8-20(18)16-27(23)25(30)19-9-5-10-21(14-19)33(31,32)28-13-12-17-6-3-4-11-22(17)28/h1-11,14,23H,12-13,15-16H2,(H2,26,29)/t23-/m1/s1. The lowest BCUT2D eigenvalue weighted by atomic mass is 9.93. The molecule has 0 saturated heterocycles. The maximum atomic E-state index is 13.4. The molecule has 0 unspecified atom stereocenters. The molecule has 2 amide bonds. The van der Waals surface area contributed by atoms with Gasteiger partial charge in [0.1, 0.15) is 6.04 Å². The predicted molar refractivity (Wildman–Crippen MR) is 124 cm³/mol. The van der Waals surface area contributed by atoms with Gasteiger partial charge in [0.2, 0.25) is 5.91 Å². The molecule has 168 valence electrons. The lowest BCUT2D eigenvalue weighted by Crippen LogP contribution is -2.51. The second-order valence-corrected chi connectivity index (χ2v) is 10.2. The Bertz CT molecular complexity index is 1370. The van der Waals surface area contributed by atoms with E-state index in [0.717, 1.165) is 16.7 Å². The van der Waals surface area contributed by atoms with Crippen molar-refractivity contribution in [2.75, 3.05) is 10.8 Å². The van der Waals surface area contributed by atoms with E-state index in [-0.39, 0.29) is 17.0 Å². The number of benzene rings is 3. The summed E-state index contributed by atoms with van der Waals surface area (Å²) in [5, 5.41) is 0. The van der Waals surface area contributed by atoms with Crippen molar-refractivity contribution in [2.24, 2.45) is 5.73 Å². The van der Waals surface area contributed by atoms with E-state index >= 15 is 0 Å². The van der Waals surface area contributed by atoms with Gasteiger partial charge in [-0.3, -0.25) is 13.9 Å². The first-order chi connectivity index (χ1) is 15.9. The van der Waals surface area contributed by atoms with Crippen LogP contribution in [0.15, 0.2) is 77.7 Å². The van der Waals surface area contributed by atoms with E-state index < -0.39 is 27.9 Å². The molecule has 2 N–H and O–H groups in total. The summed E-state index contributed by atoms with van der Waals surface area (Å²) in [7, 11) is -3.85. The van der Waals surface area contributed by atoms with E-state index in [2.05, 4.69) is 0 Å². The van der Waals surface area contributed by atoms with Crippen molar-refractivity contribution in [3.05, 3.63) is 95.1 Å². The third-order valence-electron chi connectivity index (χ3n) is 6.35. The van der Waals surface area contributed by atoms with Crippen LogP contribution in [0.25, 0.3) is 0 Å². The third-order valence-corrected chi connectivity index (χ3v) is 8.16. The number of nitrogens with two attached hydrogens (primary N) is 1. The molecule has 0 spiro atoms. The molecule has 0 aliphatic carbocycles. The number of anilines is 1. The molecule has 7 nitrogen and oxygen atoms in total. The highest BCUT2D eigenvalue weighted by Crippen LogP contribution is 2.33. The molecule has 0 radical (unpaired) electrons. The van der Waals surface area contributed by atoms with Crippen molar-refractivity contribution in [3.63, 3.8) is 0 Å². The number of hydrogen-bond donors (Lipinski definition) is 1. The molecule has 0 aromatic heterocycles. The average molecular weight is 462 g/mol. The fourth-order valence-electron chi connectivity index (χ4n) is 4.63. The first-order valence-corrected chi connectivity index (χ1v) is 12.2. The van der Waals surface area contributed by atoms with Gasteiger partial charge in [0, 0.05) is 25.1 Å². The Hall–Kier alpha value is -3.65. The van der Waals surface area contributed by atoms with Crippen molar-refractivity contribution in [2.45, 2.75) is 30.3 Å². The Labute approximate surface area is 192 Å². The van der Waals surface area contributed by atoms with Gasteiger partial charge in [0.15, 0.2) is 0 Å². The van der Waals surface area contributed by atoms with Crippen LogP contribution in [0.4, 0.5) is 5.69 Å². The summed E-state index contributed by atoms with van der Waals surface area (Å²) < 4.78 is 28.2. The van der Waals surface area contributed by atoms with Gasteiger partial charge in [-0.15, -0.1) is 0 Å². The normalized spacial score (nSPS) is 17.4. The number of hydrogen-bond acceptors (Lipinski definition) is 4. The van der Waals surface area contributed by atoms with Crippen LogP contribution in [0, 0.1) is 0 Å². The Kier molecular flexibility index (Phi) is 5.17. The number of primary amides is 1. The molecule has 33 heavy (non-hydrogen) atoms. The molecule has 3 aromatic carbocycles. The van der Waals surface area contributed by atoms with Gasteiger partial charge in [-0.2, -0.15) is 0 Å². The van der Waals surface area contributed by atoms with Crippen molar-refractivity contribution >= 4 is 27.5 Å². The Morgan fingerprint density at radius 2 is 1.58 bits per heavy atom. The molecule has 5 rings (SSSR count). The number of amides is 2. The molecule has 2 aliphatic heterocycles. The zero-order valence-corrected chi connectivity index (χ0v) is 18.7. The lowest BCUT2D eigenvalue weighted by Gasteiger charge is -2.35. The van der Waals surface area contributed by atoms with E-state index in [9.17, 15) is 18.0 Å². The van der Waals surface area contributed by atoms with Gasteiger partial charge in [0.25, 0.3) is 15.9 Å². The largest absolute Gasteiger partial charge is 0.368 e. The number of nitrogens with zero attached hydrogens (tertiary/aromatic N) is 2. The van der Waals surface area contributed by atoms with E-state index in [1.54, 1.807) is 18.2 Å². The highest BCUT2D eigenvalue weighted by molar-refractivity contribution is 7.92. The maximum Gasteiger partial charge on any atom is 0.264 e. The molecule has 3 aromatic rings. The van der Waals surface area contributed by atoms with Gasteiger partial charge in [-0.25, -0.2) is 8.42 Å². The molecule has 8 heteroatoms. The zero-order chi connectivity index (χ0) is 23.2. The number of para-hydroxylation sites is 1. The molecule has 0 saturated carbocycles. The van der Waals surface area contributed by atoms with Crippen LogP contribution in [0.3, 0.4) is 0 Å². The maximum absolute atomic E-state index is 13.4. The van der Waals surface area contributed by atoms with Crippen LogP contribution < -0.4 is 10.0 Å². The SMILES string of the molecule is NC(=O)[C@H]1Cc2ccccc2CN1C(=O)c1cccc(S(=O)(=O)N2CCc3ccccc32)c1. The monoisotopic (exact) mass is 461 g/mol. The van der Waals surface area contributed by atoms with Crippen molar-refractivity contribution in [1.82, 2.24) is 4.90 Å². The average Bonchev–Trinajstić information content (AvgIpc) is 3.28. The van der Waals surface area contributed by atoms with Gasteiger partial charge in [0.05, 0.1) is 10.6 Å². The smallest absolute Gasteiger partial charge is 0.264 e. The molecule has 2 heterocycles. The van der Waals surface area contributed by atoms with E-state index in [1.807, 2.05) is 42.5 Å². The minimum absolute atomic E-state index is 0.0399. The second kappa shape index (κ2) is 8.04. The van der Waals surface area contributed by atoms with E-state index in [4.69, 9.17) is 5.73 Å². The number of carbonyl (C=O) groups is 2. The van der Waals surface area contributed by atoms with Gasteiger partial charge in [-0.1, -0.05) is 48.5 Å². The van der Waals surface area contributed by atoms with Crippen LogP contribution in [0.2, 0.25) is 0 Å². The summed E-state index contributed by atoms with van der Waals surface area (Å²) in [6, 6.07) is 20.2. The quantitative estimate of drug-likeness (QED) is 0.645. The summed E-state index contributed by atoms with van der Waals surface area (Å²) >= 11 is 0. The highest BCUT2D eigenvalue weighted by atomic mass is 32.2. The zero-order valence-electron chi connectivity index (χ0n) is 17.8. The van der Waals surface area contributed by atoms with Gasteiger partial charge < -0.3 is 10.6 Å². The van der Waals surface area contributed by atoms with Crippen LogP contribution in [0.5, 0.6) is 0 Å². The number of fused-ring (bicyclic) bond motifs is 2. The van der Waals surface area contributed by atoms with Crippen molar-refractivity contribution in [3.8, 4) is 0 Å². The minimum Gasteiger partial charge on any atom is -0.368 e. The number of carbonyl (C=O) groups excluding carboxylic acids is 2. The van der Waals surface area contributed by atoms with Crippen molar-refractivity contribution in [1.29, 1.82) is 0 Å². The lowest BCUT2D eigenvalue weighted by molar-refractivity contribution is -0.122. The molecular weight excluding hydrogens is 438 g/mol. The topological polar surface area (TPSA) is 101 Å². The Morgan fingerprint density at radius 3 is 2.33 bits per heavy atom. The van der Waals surface area contributed by atoms with Gasteiger partial charge >= 0.3 is 0 Å². The Balaban J connectivity index is 1.48. The summed E-state index contributed by atoms with van der Waals surface area (Å²) in [6.07, 6.45) is 0.974. The van der Waals surface area contributed by atoms with Crippen molar-refractivity contribution < 1.29 is 18.0 Å². The highest BCUT2D eigenvalue weighted by Gasteiger charge is 2.35. The Morgan fingerprint density at radius 1 is 0.879 bits per heavy atom. The van der Waals surface area contributed by atoms with Crippen LogP contribution in [-0.4, -0.2) is 37.7 Å². The van der Waals surface area contributed by atoms with Gasteiger partial charge in [-0.05, 0) is 47.4 Å². The first-order valence-electron chi connectivity index (χ1n) is 10.7. The second-order valence-electron chi connectivity index (χ2n) is 8.31. The number of rotatable bonds is 4. The van der Waals surface area contributed by atoms with Crippen LogP contribution in [-0.2, 0) is 34.2 Å².